The van der Waals surface area contributed by atoms with Gasteiger partial charge < -0.3 is 14.6 Å². The normalized spacial score (nSPS) is 32.1. The molecule has 2 atom stereocenters. The summed E-state index contributed by atoms with van der Waals surface area (Å²) in [5.74, 6) is 0.128. The molecule has 4 nitrogen and oxygen atoms in total. The van der Waals surface area contributed by atoms with Crippen molar-refractivity contribution in [1.29, 1.82) is 5.26 Å². The molecule has 2 aliphatic heterocycles. The number of rotatable bonds is 2. The van der Waals surface area contributed by atoms with Gasteiger partial charge in [0.1, 0.15) is 0 Å². The predicted molar refractivity (Wildman–Crippen MR) is 53.0 cm³/mol. The third kappa shape index (κ3) is 2.00. The zero-order valence-corrected chi connectivity index (χ0v) is 8.82. The summed E-state index contributed by atoms with van der Waals surface area (Å²) in [6, 6.07) is 2.31. The molecule has 0 aromatic rings. The van der Waals surface area contributed by atoms with Crippen molar-refractivity contribution in [3.05, 3.63) is 0 Å². The highest BCUT2D eigenvalue weighted by Gasteiger charge is 2.44. The minimum absolute atomic E-state index is 0.128. The summed E-state index contributed by atoms with van der Waals surface area (Å²) in [7, 11) is 0. The largest absolute Gasteiger partial charge is 0.391 e. The highest BCUT2D eigenvalue weighted by atomic mass is 16.5. The van der Waals surface area contributed by atoms with E-state index < -0.39 is 11.5 Å². The molecule has 0 amide bonds. The molecule has 4 heteroatoms. The van der Waals surface area contributed by atoms with Crippen molar-refractivity contribution in [1.82, 2.24) is 0 Å². The standard InChI is InChI=1S/C11H17NO3/c12-8-11(2-5-14-6-3-11)10(13)9-1-4-15-7-9/h9-10,13H,1-7H2. The number of nitrogens with zero attached hydrogens (tertiary/aromatic N) is 1. The lowest BCUT2D eigenvalue weighted by atomic mass is 9.72. The molecule has 2 heterocycles. The second-order valence-electron chi connectivity index (χ2n) is 4.45. The summed E-state index contributed by atoms with van der Waals surface area (Å²) in [4.78, 5) is 0. The molecule has 0 radical (unpaired) electrons. The lowest BCUT2D eigenvalue weighted by molar-refractivity contribution is -0.0552. The van der Waals surface area contributed by atoms with Crippen LogP contribution < -0.4 is 0 Å². The zero-order valence-electron chi connectivity index (χ0n) is 8.82. The average molecular weight is 211 g/mol. The van der Waals surface area contributed by atoms with Gasteiger partial charge in [0.25, 0.3) is 0 Å². The van der Waals surface area contributed by atoms with Gasteiger partial charge in [0.15, 0.2) is 0 Å². The highest BCUT2D eigenvalue weighted by molar-refractivity contribution is 5.06. The Morgan fingerprint density at radius 2 is 2.00 bits per heavy atom. The van der Waals surface area contributed by atoms with Crippen molar-refractivity contribution in [3.63, 3.8) is 0 Å². The molecule has 0 aliphatic carbocycles. The monoisotopic (exact) mass is 211 g/mol. The van der Waals surface area contributed by atoms with Gasteiger partial charge in [-0.3, -0.25) is 0 Å². The Labute approximate surface area is 89.8 Å². The summed E-state index contributed by atoms with van der Waals surface area (Å²) in [5, 5.41) is 19.5. The second-order valence-corrected chi connectivity index (χ2v) is 4.45. The molecule has 84 valence electrons. The number of ether oxygens (including phenoxy) is 2. The van der Waals surface area contributed by atoms with Crippen molar-refractivity contribution in [2.75, 3.05) is 26.4 Å². The Morgan fingerprint density at radius 1 is 1.27 bits per heavy atom. The van der Waals surface area contributed by atoms with Gasteiger partial charge in [-0.25, -0.2) is 0 Å². The first-order chi connectivity index (χ1) is 7.28. The van der Waals surface area contributed by atoms with Crippen LogP contribution in [0.4, 0.5) is 0 Å². The summed E-state index contributed by atoms with van der Waals surface area (Å²) in [6.07, 6.45) is 1.59. The Morgan fingerprint density at radius 3 is 2.53 bits per heavy atom. The van der Waals surface area contributed by atoms with E-state index >= 15 is 0 Å². The smallest absolute Gasteiger partial charge is 0.0879 e. The lowest BCUT2D eigenvalue weighted by Crippen LogP contribution is -2.43. The van der Waals surface area contributed by atoms with E-state index in [0.29, 0.717) is 39.3 Å². The first kappa shape index (κ1) is 10.9. The third-order valence-corrected chi connectivity index (χ3v) is 3.59. The second kappa shape index (κ2) is 4.48. The maximum Gasteiger partial charge on any atom is 0.0879 e. The molecule has 0 aromatic heterocycles. The third-order valence-electron chi connectivity index (χ3n) is 3.59. The van der Waals surface area contributed by atoms with Crippen molar-refractivity contribution >= 4 is 0 Å². The van der Waals surface area contributed by atoms with Gasteiger partial charge >= 0.3 is 0 Å². The molecule has 0 bridgehead atoms. The molecule has 0 saturated carbocycles. The molecule has 2 fully saturated rings. The zero-order chi connectivity index (χ0) is 10.7. The van der Waals surface area contributed by atoms with Crippen LogP contribution in [-0.2, 0) is 9.47 Å². The maximum absolute atomic E-state index is 10.3. The van der Waals surface area contributed by atoms with Crippen molar-refractivity contribution in [2.45, 2.75) is 25.4 Å². The van der Waals surface area contributed by atoms with Crippen LogP contribution in [0.3, 0.4) is 0 Å². The molecule has 2 aliphatic rings. The lowest BCUT2D eigenvalue weighted by Gasteiger charge is -2.37. The van der Waals surface area contributed by atoms with Crippen LogP contribution in [0.5, 0.6) is 0 Å². The van der Waals surface area contributed by atoms with Crippen LogP contribution >= 0.6 is 0 Å². The van der Waals surface area contributed by atoms with E-state index in [2.05, 4.69) is 6.07 Å². The van der Waals surface area contributed by atoms with Gasteiger partial charge in [0, 0.05) is 25.7 Å². The van der Waals surface area contributed by atoms with Gasteiger partial charge in [-0.15, -0.1) is 0 Å². The SMILES string of the molecule is N#CC1(C(O)C2CCOC2)CCOCC1. The predicted octanol–water partition coefficient (Wildman–Crippen LogP) is 0.704. The molecule has 2 unspecified atom stereocenters. The number of aliphatic hydroxyl groups is 1. The van der Waals surface area contributed by atoms with Crippen molar-refractivity contribution in [3.8, 4) is 6.07 Å². The Bertz CT molecular complexity index is 249. The Balaban J connectivity index is 2.07. The summed E-state index contributed by atoms with van der Waals surface area (Å²) in [5.41, 5.74) is -0.601. The minimum atomic E-state index is -0.601. The molecule has 15 heavy (non-hydrogen) atoms. The number of nitriles is 1. The van der Waals surface area contributed by atoms with E-state index in [1.165, 1.54) is 0 Å². The maximum atomic E-state index is 10.3. The molecule has 0 aromatic carbocycles. The van der Waals surface area contributed by atoms with E-state index in [1.54, 1.807) is 0 Å². The van der Waals surface area contributed by atoms with Crippen LogP contribution in [0.25, 0.3) is 0 Å². The van der Waals surface area contributed by atoms with Gasteiger partial charge in [-0.2, -0.15) is 5.26 Å². The van der Waals surface area contributed by atoms with Gasteiger partial charge in [0.2, 0.25) is 0 Å². The first-order valence-electron chi connectivity index (χ1n) is 5.53. The fraction of sp³-hybridized carbons (Fsp3) is 0.909. The summed E-state index contributed by atoms with van der Waals surface area (Å²) >= 11 is 0. The summed E-state index contributed by atoms with van der Waals surface area (Å²) < 4.78 is 10.5. The van der Waals surface area contributed by atoms with Gasteiger partial charge in [-0.05, 0) is 19.3 Å². The fourth-order valence-corrected chi connectivity index (χ4v) is 2.46. The van der Waals surface area contributed by atoms with Crippen LogP contribution in [-0.4, -0.2) is 37.6 Å². The van der Waals surface area contributed by atoms with Gasteiger partial charge in [0.05, 0.1) is 24.2 Å². The Hall–Kier alpha value is -0.630. The minimum Gasteiger partial charge on any atom is -0.391 e. The molecule has 2 rings (SSSR count). The van der Waals surface area contributed by atoms with Crippen molar-refractivity contribution < 1.29 is 14.6 Å². The number of aliphatic hydroxyl groups excluding tert-OH is 1. The molecular formula is C11H17NO3. The van der Waals surface area contributed by atoms with E-state index in [4.69, 9.17) is 9.47 Å². The van der Waals surface area contributed by atoms with Crippen LogP contribution in [0, 0.1) is 22.7 Å². The van der Waals surface area contributed by atoms with Crippen LogP contribution in [0.2, 0.25) is 0 Å². The van der Waals surface area contributed by atoms with E-state index in [9.17, 15) is 10.4 Å². The molecular weight excluding hydrogens is 194 g/mol. The van der Waals surface area contributed by atoms with E-state index in [-0.39, 0.29) is 5.92 Å². The van der Waals surface area contributed by atoms with E-state index in [0.717, 1.165) is 6.42 Å². The van der Waals surface area contributed by atoms with Crippen molar-refractivity contribution in [2.24, 2.45) is 11.3 Å². The summed E-state index contributed by atoms with van der Waals surface area (Å²) in [6.45, 7) is 2.46. The first-order valence-corrected chi connectivity index (χ1v) is 5.53. The molecule has 0 spiro atoms. The number of hydrogen-bond acceptors (Lipinski definition) is 4. The van der Waals surface area contributed by atoms with E-state index in [1.807, 2.05) is 0 Å². The Kier molecular flexibility index (Phi) is 3.25. The quantitative estimate of drug-likeness (QED) is 0.730. The van der Waals surface area contributed by atoms with Crippen LogP contribution in [0.1, 0.15) is 19.3 Å². The fourth-order valence-electron chi connectivity index (χ4n) is 2.46. The van der Waals surface area contributed by atoms with Crippen LogP contribution in [0.15, 0.2) is 0 Å². The topological polar surface area (TPSA) is 62.5 Å². The number of hydrogen-bond donors (Lipinski definition) is 1. The average Bonchev–Trinajstić information content (AvgIpc) is 2.82. The molecule has 2 saturated heterocycles. The highest BCUT2D eigenvalue weighted by Crippen LogP contribution is 2.38. The van der Waals surface area contributed by atoms with Gasteiger partial charge in [-0.1, -0.05) is 0 Å². The molecule has 1 N–H and O–H groups in total.